The van der Waals surface area contributed by atoms with Gasteiger partial charge in [-0.05, 0) is 19.1 Å². The summed E-state index contributed by atoms with van der Waals surface area (Å²) in [5, 5.41) is 24.8. The van der Waals surface area contributed by atoms with Crippen LogP contribution in [0.25, 0.3) is 0 Å². The van der Waals surface area contributed by atoms with E-state index in [1.807, 2.05) is 0 Å². The van der Waals surface area contributed by atoms with Gasteiger partial charge in [0.15, 0.2) is 0 Å². The lowest BCUT2D eigenvalue weighted by Crippen LogP contribution is -2.06. The molecule has 0 aromatic heterocycles. The number of carboxylic acids is 1. The Balaban J connectivity index is 2.79. The Morgan fingerprint density at radius 2 is 2.07 bits per heavy atom. The Morgan fingerprint density at radius 3 is 2.67 bits per heavy atom. The molecule has 5 heteroatoms. The lowest BCUT2D eigenvalue weighted by atomic mass is 10.2. The summed E-state index contributed by atoms with van der Waals surface area (Å²) < 4.78 is 0. The first-order valence-electron chi connectivity index (χ1n) is 4.20. The molecule has 0 saturated carbocycles. The van der Waals surface area contributed by atoms with Gasteiger partial charge in [-0.2, -0.15) is 5.10 Å². The minimum atomic E-state index is -1.12. The molecule has 0 unspecified atom stereocenters. The molecule has 2 N–H and O–H groups in total. The standard InChI is InChI=1S/C10H10N2O3/c1-7(10(14)15)12-11-6-8-4-2-3-5-9(8)13/h2-6,13H,1H3,(H,14,15). The van der Waals surface area contributed by atoms with E-state index in [1.165, 1.54) is 19.2 Å². The Morgan fingerprint density at radius 1 is 1.40 bits per heavy atom. The van der Waals surface area contributed by atoms with Crippen LogP contribution in [0.4, 0.5) is 0 Å². The van der Waals surface area contributed by atoms with Crippen molar-refractivity contribution >= 4 is 17.9 Å². The van der Waals surface area contributed by atoms with Gasteiger partial charge in [-0.15, -0.1) is 5.10 Å². The van der Waals surface area contributed by atoms with Crippen molar-refractivity contribution in [3.8, 4) is 5.75 Å². The maximum atomic E-state index is 10.4. The maximum absolute atomic E-state index is 10.4. The largest absolute Gasteiger partial charge is 0.507 e. The van der Waals surface area contributed by atoms with Crippen LogP contribution in [0.15, 0.2) is 34.5 Å². The Hall–Kier alpha value is -2.17. The van der Waals surface area contributed by atoms with Gasteiger partial charge in [0.2, 0.25) is 0 Å². The smallest absolute Gasteiger partial charge is 0.351 e. The van der Waals surface area contributed by atoms with Gasteiger partial charge in [0.1, 0.15) is 11.5 Å². The van der Waals surface area contributed by atoms with Crippen molar-refractivity contribution in [2.24, 2.45) is 10.2 Å². The molecule has 1 aromatic rings. The van der Waals surface area contributed by atoms with Crippen molar-refractivity contribution in [3.63, 3.8) is 0 Å². The topological polar surface area (TPSA) is 82.2 Å². The van der Waals surface area contributed by atoms with Crippen LogP contribution in [-0.4, -0.2) is 28.1 Å². The van der Waals surface area contributed by atoms with E-state index in [0.717, 1.165) is 0 Å². The summed E-state index contributed by atoms with van der Waals surface area (Å²) in [6.07, 6.45) is 1.29. The van der Waals surface area contributed by atoms with Crippen LogP contribution >= 0.6 is 0 Å². The predicted octanol–water partition coefficient (Wildman–Crippen LogP) is 1.27. The SMILES string of the molecule is CC(=NN=Cc1ccccc1O)C(=O)O. The number of nitrogens with zero attached hydrogens (tertiary/aromatic N) is 2. The molecule has 0 aliphatic carbocycles. The zero-order chi connectivity index (χ0) is 11.3. The van der Waals surface area contributed by atoms with Crippen molar-refractivity contribution in [2.75, 3.05) is 0 Å². The van der Waals surface area contributed by atoms with E-state index < -0.39 is 5.97 Å². The van der Waals surface area contributed by atoms with Gasteiger partial charge in [-0.1, -0.05) is 12.1 Å². The van der Waals surface area contributed by atoms with E-state index in [1.54, 1.807) is 18.2 Å². The number of phenolic OH excluding ortho intramolecular Hbond substituents is 1. The quantitative estimate of drug-likeness (QED) is 0.577. The average Bonchev–Trinajstić information content (AvgIpc) is 2.20. The molecule has 0 spiro atoms. The predicted molar refractivity (Wildman–Crippen MR) is 56.4 cm³/mol. The van der Waals surface area contributed by atoms with Crippen LogP contribution in [0, 0.1) is 0 Å². The third-order valence-electron chi connectivity index (χ3n) is 1.65. The summed E-state index contributed by atoms with van der Waals surface area (Å²) in [6.45, 7) is 1.34. The molecule has 0 saturated heterocycles. The molecule has 0 aliphatic heterocycles. The fraction of sp³-hybridized carbons (Fsp3) is 0.100. The van der Waals surface area contributed by atoms with Crippen molar-refractivity contribution in [1.29, 1.82) is 0 Å². The number of carbonyl (C=O) groups is 1. The highest BCUT2D eigenvalue weighted by Crippen LogP contribution is 2.12. The first-order valence-corrected chi connectivity index (χ1v) is 4.20. The Labute approximate surface area is 86.4 Å². The van der Waals surface area contributed by atoms with Gasteiger partial charge in [-0.25, -0.2) is 4.79 Å². The molecular weight excluding hydrogens is 196 g/mol. The average molecular weight is 206 g/mol. The number of rotatable bonds is 3. The molecule has 0 amide bonds. The summed E-state index contributed by atoms with van der Waals surface area (Å²) in [4.78, 5) is 10.4. The number of benzene rings is 1. The van der Waals surface area contributed by atoms with Gasteiger partial charge in [-0.3, -0.25) is 0 Å². The van der Waals surface area contributed by atoms with E-state index in [4.69, 9.17) is 5.11 Å². The van der Waals surface area contributed by atoms with Gasteiger partial charge in [0.25, 0.3) is 0 Å². The van der Waals surface area contributed by atoms with Crippen LogP contribution in [0.5, 0.6) is 5.75 Å². The zero-order valence-electron chi connectivity index (χ0n) is 8.08. The molecule has 0 aliphatic rings. The third kappa shape index (κ3) is 3.22. The number of phenols is 1. The number of carboxylic acid groups (broad SMARTS) is 1. The summed E-state index contributed by atoms with van der Waals surface area (Å²) in [5.74, 6) is -1.05. The van der Waals surface area contributed by atoms with Crippen molar-refractivity contribution in [1.82, 2.24) is 0 Å². The Kier molecular flexibility index (Phi) is 3.56. The van der Waals surface area contributed by atoms with Gasteiger partial charge in [0, 0.05) is 5.56 Å². The highest BCUT2D eigenvalue weighted by atomic mass is 16.4. The second-order valence-electron chi connectivity index (χ2n) is 2.79. The first-order chi connectivity index (χ1) is 7.11. The second kappa shape index (κ2) is 4.90. The van der Waals surface area contributed by atoms with Crippen LogP contribution in [0.2, 0.25) is 0 Å². The summed E-state index contributed by atoms with van der Waals surface area (Å²) in [6, 6.07) is 6.56. The number of para-hydroxylation sites is 1. The second-order valence-corrected chi connectivity index (χ2v) is 2.79. The molecule has 0 fully saturated rings. The lowest BCUT2D eigenvalue weighted by molar-refractivity contribution is -0.129. The molecule has 0 atom stereocenters. The van der Waals surface area contributed by atoms with Crippen LogP contribution in [0.1, 0.15) is 12.5 Å². The summed E-state index contributed by atoms with van der Waals surface area (Å²) >= 11 is 0. The van der Waals surface area contributed by atoms with Gasteiger partial charge in [0.05, 0.1) is 6.21 Å². The van der Waals surface area contributed by atoms with Gasteiger partial charge < -0.3 is 10.2 Å². The number of aliphatic carboxylic acids is 1. The summed E-state index contributed by atoms with van der Waals surface area (Å²) in [7, 11) is 0. The van der Waals surface area contributed by atoms with Crippen molar-refractivity contribution < 1.29 is 15.0 Å². The van der Waals surface area contributed by atoms with E-state index in [9.17, 15) is 9.90 Å². The fourth-order valence-electron chi connectivity index (χ4n) is 0.817. The molecule has 1 aromatic carbocycles. The molecule has 1 rings (SSSR count). The molecule has 0 heterocycles. The summed E-state index contributed by atoms with van der Waals surface area (Å²) in [5.41, 5.74) is 0.376. The third-order valence-corrected chi connectivity index (χ3v) is 1.65. The van der Waals surface area contributed by atoms with E-state index in [2.05, 4.69) is 10.2 Å². The minimum Gasteiger partial charge on any atom is -0.507 e. The number of aromatic hydroxyl groups is 1. The monoisotopic (exact) mass is 206 g/mol. The molecular formula is C10H10N2O3. The van der Waals surface area contributed by atoms with Crippen molar-refractivity contribution in [3.05, 3.63) is 29.8 Å². The van der Waals surface area contributed by atoms with E-state index in [0.29, 0.717) is 5.56 Å². The molecule has 0 radical (unpaired) electrons. The highest BCUT2D eigenvalue weighted by molar-refractivity contribution is 6.34. The number of hydrogen-bond acceptors (Lipinski definition) is 4. The van der Waals surface area contributed by atoms with Gasteiger partial charge >= 0.3 is 5.97 Å². The molecule has 0 bridgehead atoms. The van der Waals surface area contributed by atoms with Crippen LogP contribution in [0.3, 0.4) is 0 Å². The first kappa shape index (κ1) is 10.9. The normalized spacial score (nSPS) is 11.9. The fourth-order valence-corrected chi connectivity index (χ4v) is 0.817. The Bertz CT molecular complexity index is 424. The molecule has 5 nitrogen and oxygen atoms in total. The van der Waals surface area contributed by atoms with Crippen molar-refractivity contribution in [2.45, 2.75) is 6.92 Å². The van der Waals surface area contributed by atoms with E-state index >= 15 is 0 Å². The number of hydrogen-bond donors (Lipinski definition) is 2. The van der Waals surface area contributed by atoms with E-state index in [-0.39, 0.29) is 11.5 Å². The molecule has 15 heavy (non-hydrogen) atoms. The van der Waals surface area contributed by atoms with Crippen LogP contribution in [-0.2, 0) is 4.79 Å². The maximum Gasteiger partial charge on any atom is 0.351 e. The minimum absolute atomic E-state index is 0.0735. The lowest BCUT2D eigenvalue weighted by Gasteiger charge is -1.94. The van der Waals surface area contributed by atoms with Crippen LogP contribution < -0.4 is 0 Å². The molecule has 78 valence electrons. The zero-order valence-corrected chi connectivity index (χ0v) is 8.08. The highest BCUT2D eigenvalue weighted by Gasteiger charge is 1.99.